The molecule has 17 heavy (non-hydrogen) atoms. The first-order valence-electron chi connectivity index (χ1n) is 6.26. The van der Waals surface area contributed by atoms with Gasteiger partial charge in [0.15, 0.2) is 0 Å². The maximum atomic E-state index is 12.3. The Kier molecular flexibility index (Phi) is 5.70. The van der Waals surface area contributed by atoms with Crippen LogP contribution in [0.4, 0.5) is 0 Å². The van der Waals surface area contributed by atoms with Gasteiger partial charge >= 0.3 is 0 Å². The molecule has 100 valence electrons. The molecule has 2 aliphatic heterocycles. The third kappa shape index (κ3) is 3.12. The second kappa shape index (κ2) is 6.57. The van der Waals surface area contributed by atoms with Gasteiger partial charge in [0.1, 0.15) is 0 Å². The van der Waals surface area contributed by atoms with Gasteiger partial charge in [-0.3, -0.25) is 4.79 Å². The van der Waals surface area contributed by atoms with Gasteiger partial charge in [-0.1, -0.05) is 6.92 Å². The standard InChI is InChI=1S/C12H22N2O2.ClH/c1-9(8-16-2)12(15)14-10-3-4-11(14)7-13-6-5-10;/h9-11,13H,3-8H2,1-2H3;1H. The van der Waals surface area contributed by atoms with Crippen molar-refractivity contribution < 1.29 is 9.53 Å². The fraction of sp³-hybridized carbons (Fsp3) is 0.917. The molecule has 2 rings (SSSR count). The van der Waals surface area contributed by atoms with Crippen molar-refractivity contribution in [3.8, 4) is 0 Å². The molecule has 3 atom stereocenters. The van der Waals surface area contributed by atoms with E-state index < -0.39 is 0 Å². The summed E-state index contributed by atoms with van der Waals surface area (Å²) in [6.07, 6.45) is 3.43. The Balaban J connectivity index is 0.00000144. The number of ether oxygens (including phenoxy) is 1. The van der Waals surface area contributed by atoms with Crippen LogP contribution in [0, 0.1) is 5.92 Å². The molecule has 0 aromatic carbocycles. The van der Waals surface area contributed by atoms with Crippen molar-refractivity contribution in [1.29, 1.82) is 0 Å². The van der Waals surface area contributed by atoms with Gasteiger partial charge in [0.05, 0.1) is 12.5 Å². The fourth-order valence-electron chi connectivity index (χ4n) is 2.92. The SMILES string of the molecule is COCC(C)C(=O)N1C2CCNCC1CC2.Cl. The van der Waals surface area contributed by atoms with Crippen LogP contribution >= 0.6 is 12.4 Å². The van der Waals surface area contributed by atoms with E-state index in [2.05, 4.69) is 10.2 Å². The van der Waals surface area contributed by atoms with Gasteiger partial charge in [0.25, 0.3) is 0 Å². The summed E-state index contributed by atoms with van der Waals surface area (Å²) in [6, 6.07) is 0.881. The van der Waals surface area contributed by atoms with Gasteiger partial charge in [0, 0.05) is 25.7 Å². The minimum Gasteiger partial charge on any atom is -0.384 e. The summed E-state index contributed by atoms with van der Waals surface area (Å²) in [5, 5.41) is 3.41. The number of carbonyl (C=O) groups excluding carboxylic acids is 1. The van der Waals surface area contributed by atoms with E-state index in [1.165, 1.54) is 6.42 Å². The van der Waals surface area contributed by atoms with E-state index in [1.807, 2.05) is 6.92 Å². The Morgan fingerprint density at radius 2 is 2.12 bits per heavy atom. The Morgan fingerprint density at radius 1 is 1.41 bits per heavy atom. The highest BCUT2D eigenvalue weighted by atomic mass is 35.5. The van der Waals surface area contributed by atoms with Crippen LogP contribution in [0.5, 0.6) is 0 Å². The number of hydrogen-bond donors (Lipinski definition) is 1. The lowest BCUT2D eigenvalue weighted by Crippen LogP contribution is -2.45. The maximum Gasteiger partial charge on any atom is 0.228 e. The highest BCUT2D eigenvalue weighted by Crippen LogP contribution is 2.29. The molecule has 3 unspecified atom stereocenters. The normalized spacial score (nSPS) is 29.4. The van der Waals surface area contributed by atoms with E-state index >= 15 is 0 Å². The molecule has 2 saturated heterocycles. The lowest BCUT2D eigenvalue weighted by atomic mass is 10.1. The van der Waals surface area contributed by atoms with E-state index in [0.29, 0.717) is 18.7 Å². The first kappa shape index (κ1) is 14.7. The van der Waals surface area contributed by atoms with Crippen molar-refractivity contribution in [2.24, 2.45) is 5.92 Å². The lowest BCUT2D eigenvalue weighted by Gasteiger charge is -2.30. The third-order valence-electron chi connectivity index (χ3n) is 3.75. The molecular formula is C12H23ClN2O2. The maximum absolute atomic E-state index is 12.3. The summed E-state index contributed by atoms with van der Waals surface area (Å²) >= 11 is 0. The molecule has 2 bridgehead atoms. The van der Waals surface area contributed by atoms with Crippen molar-refractivity contribution >= 4 is 18.3 Å². The first-order valence-corrected chi connectivity index (χ1v) is 6.26. The van der Waals surface area contributed by atoms with Crippen LogP contribution in [-0.4, -0.2) is 49.7 Å². The van der Waals surface area contributed by atoms with E-state index in [9.17, 15) is 4.79 Å². The zero-order valence-corrected chi connectivity index (χ0v) is 11.5. The molecule has 0 spiro atoms. The van der Waals surface area contributed by atoms with Crippen molar-refractivity contribution in [2.45, 2.75) is 38.3 Å². The summed E-state index contributed by atoms with van der Waals surface area (Å²) in [5.41, 5.74) is 0. The Labute approximate surface area is 109 Å². The van der Waals surface area contributed by atoms with Gasteiger partial charge in [-0.2, -0.15) is 0 Å². The number of amides is 1. The molecule has 0 aliphatic carbocycles. The summed E-state index contributed by atoms with van der Waals surface area (Å²) in [4.78, 5) is 14.4. The smallest absolute Gasteiger partial charge is 0.228 e. The quantitative estimate of drug-likeness (QED) is 0.827. The topological polar surface area (TPSA) is 41.6 Å². The molecule has 2 heterocycles. The number of fused-ring (bicyclic) bond motifs is 2. The monoisotopic (exact) mass is 262 g/mol. The Bertz CT molecular complexity index is 249. The predicted molar refractivity (Wildman–Crippen MR) is 69.4 cm³/mol. The van der Waals surface area contributed by atoms with E-state index in [1.54, 1.807) is 7.11 Å². The molecular weight excluding hydrogens is 240 g/mol. The molecule has 0 aromatic rings. The average molecular weight is 263 g/mol. The Hall–Kier alpha value is -0.320. The lowest BCUT2D eigenvalue weighted by molar-refractivity contribution is -0.139. The van der Waals surface area contributed by atoms with Crippen molar-refractivity contribution in [3.05, 3.63) is 0 Å². The summed E-state index contributed by atoms with van der Waals surface area (Å²) < 4.78 is 5.07. The van der Waals surface area contributed by atoms with Gasteiger partial charge < -0.3 is 15.0 Å². The number of halogens is 1. The number of rotatable bonds is 3. The van der Waals surface area contributed by atoms with Crippen LogP contribution in [0.15, 0.2) is 0 Å². The van der Waals surface area contributed by atoms with Crippen LogP contribution in [0.3, 0.4) is 0 Å². The van der Waals surface area contributed by atoms with Gasteiger partial charge in [-0.25, -0.2) is 0 Å². The molecule has 0 aromatic heterocycles. The molecule has 0 saturated carbocycles. The largest absolute Gasteiger partial charge is 0.384 e. The average Bonchev–Trinajstić information content (AvgIpc) is 2.51. The highest BCUT2D eigenvalue weighted by molar-refractivity contribution is 5.85. The first-order chi connectivity index (χ1) is 7.74. The summed E-state index contributed by atoms with van der Waals surface area (Å²) in [6.45, 7) is 4.50. The fourth-order valence-corrected chi connectivity index (χ4v) is 2.92. The summed E-state index contributed by atoms with van der Waals surface area (Å²) in [5.74, 6) is 0.268. The van der Waals surface area contributed by atoms with Crippen LogP contribution < -0.4 is 5.32 Å². The molecule has 2 aliphatic rings. The second-order valence-electron chi connectivity index (χ2n) is 4.98. The van der Waals surface area contributed by atoms with Gasteiger partial charge in [0.2, 0.25) is 5.91 Å². The molecule has 1 amide bonds. The van der Waals surface area contributed by atoms with Crippen LogP contribution in [0.25, 0.3) is 0 Å². The zero-order valence-electron chi connectivity index (χ0n) is 10.6. The summed E-state index contributed by atoms with van der Waals surface area (Å²) in [7, 11) is 1.66. The van der Waals surface area contributed by atoms with E-state index in [-0.39, 0.29) is 24.2 Å². The second-order valence-corrected chi connectivity index (χ2v) is 4.98. The number of methoxy groups -OCH3 is 1. The van der Waals surface area contributed by atoms with E-state index in [0.717, 1.165) is 25.9 Å². The zero-order chi connectivity index (χ0) is 11.5. The molecule has 4 nitrogen and oxygen atoms in total. The van der Waals surface area contributed by atoms with E-state index in [4.69, 9.17) is 4.74 Å². The molecule has 2 fully saturated rings. The molecule has 0 radical (unpaired) electrons. The third-order valence-corrected chi connectivity index (χ3v) is 3.75. The van der Waals surface area contributed by atoms with Crippen molar-refractivity contribution in [1.82, 2.24) is 10.2 Å². The number of carbonyl (C=O) groups is 1. The molecule has 1 N–H and O–H groups in total. The highest BCUT2D eigenvalue weighted by Gasteiger charge is 2.39. The Morgan fingerprint density at radius 3 is 2.82 bits per heavy atom. The van der Waals surface area contributed by atoms with Crippen molar-refractivity contribution in [2.75, 3.05) is 26.8 Å². The number of hydrogen-bond acceptors (Lipinski definition) is 3. The minimum atomic E-state index is -0.00815. The van der Waals surface area contributed by atoms with Gasteiger partial charge in [-0.15, -0.1) is 12.4 Å². The number of nitrogens with zero attached hydrogens (tertiary/aromatic N) is 1. The van der Waals surface area contributed by atoms with Crippen molar-refractivity contribution in [3.63, 3.8) is 0 Å². The van der Waals surface area contributed by atoms with Crippen LogP contribution in [-0.2, 0) is 9.53 Å². The number of nitrogens with one attached hydrogen (secondary N) is 1. The predicted octanol–water partition coefficient (Wildman–Crippen LogP) is 1.04. The van der Waals surface area contributed by atoms with Crippen LogP contribution in [0.1, 0.15) is 26.2 Å². The molecule has 5 heteroatoms. The van der Waals surface area contributed by atoms with Gasteiger partial charge in [-0.05, 0) is 25.8 Å². The van der Waals surface area contributed by atoms with Crippen LogP contribution in [0.2, 0.25) is 0 Å². The minimum absolute atomic E-state index is 0.